The quantitative estimate of drug-likeness (QED) is 0.685. The van der Waals surface area contributed by atoms with Gasteiger partial charge in [0, 0.05) is 38.4 Å². The Bertz CT molecular complexity index is 1050. The van der Waals surface area contributed by atoms with Crippen LogP contribution in [-0.2, 0) is 21.4 Å². The zero-order valence-corrected chi connectivity index (χ0v) is 18.1. The lowest BCUT2D eigenvalue weighted by molar-refractivity contribution is -0.121. The summed E-state index contributed by atoms with van der Waals surface area (Å²) in [5.74, 6) is 1.44. The van der Waals surface area contributed by atoms with E-state index in [4.69, 9.17) is 14.6 Å². The van der Waals surface area contributed by atoms with Crippen LogP contribution in [0, 0.1) is 0 Å². The fourth-order valence-corrected chi connectivity index (χ4v) is 4.26. The summed E-state index contributed by atoms with van der Waals surface area (Å²) in [5, 5.41) is 7.94. The second kappa shape index (κ2) is 8.83. The van der Waals surface area contributed by atoms with Crippen molar-refractivity contribution >= 4 is 21.6 Å². The first-order valence-electron chi connectivity index (χ1n) is 10.1. The average molecular weight is 447 g/mol. The molecule has 0 aromatic heterocycles. The number of amides is 1. The van der Waals surface area contributed by atoms with Gasteiger partial charge in [-0.3, -0.25) is 14.6 Å². The summed E-state index contributed by atoms with van der Waals surface area (Å²) in [6.07, 6.45) is 0. The van der Waals surface area contributed by atoms with E-state index >= 15 is 0 Å². The zero-order chi connectivity index (χ0) is 22.0. The van der Waals surface area contributed by atoms with Gasteiger partial charge >= 0.3 is 0 Å². The molecule has 0 spiro atoms. The molecule has 0 aliphatic carbocycles. The van der Waals surface area contributed by atoms with Crippen molar-refractivity contribution in [3.63, 3.8) is 0 Å². The van der Waals surface area contributed by atoms with Crippen LogP contribution in [0.1, 0.15) is 12.5 Å². The van der Waals surface area contributed by atoms with Crippen molar-refractivity contribution in [2.45, 2.75) is 24.4 Å². The van der Waals surface area contributed by atoms with Crippen molar-refractivity contribution < 1.29 is 22.7 Å². The highest BCUT2D eigenvalue weighted by atomic mass is 32.2. The molecule has 0 radical (unpaired) electrons. The predicted octanol–water partition coefficient (Wildman–Crippen LogP) is 1.21. The van der Waals surface area contributed by atoms with Crippen LogP contribution in [0.4, 0.5) is 5.69 Å². The monoisotopic (exact) mass is 446 g/mol. The summed E-state index contributed by atoms with van der Waals surface area (Å²) >= 11 is 0. The zero-order valence-electron chi connectivity index (χ0n) is 17.3. The van der Waals surface area contributed by atoms with Crippen LogP contribution >= 0.6 is 0 Å². The first-order valence-corrected chi connectivity index (χ1v) is 11.6. The SMILES string of the molecule is C[C@@H](C(=O)Nc1ccc(S(N)(=O)=O)cc1)N1CCN(Cc2ccc3c(c2)OCO3)CC1. The fraction of sp³-hybridized carbons (Fsp3) is 0.381. The van der Waals surface area contributed by atoms with Gasteiger partial charge in [0.05, 0.1) is 10.9 Å². The van der Waals surface area contributed by atoms with Gasteiger partial charge in [-0.1, -0.05) is 6.07 Å². The lowest BCUT2D eigenvalue weighted by Gasteiger charge is -2.37. The molecule has 1 amide bonds. The van der Waals surface area contributed by atoms with Gasteiger partial charge in [-0.05, 0) is 48.9 Å². The summed E-state index contributed by atoms with van der Waals surface area (Å²) in [7, 11) is -3.75. The van der Waals surface area contributed by atoms with E-state index in [1.807, 2.05) is 19.1 Å². The summed E-state index contributed by atoms with van der Waals surface area (Å²) in [5.41, 5.74) is 1.71. The standard InChI is InChI=1S/C21H26N4O5S/c1-15(21(26)23-17-3-5-18(6-4-17)31(22,27)28)25-10-8-24(9-11-25)13-16-2-7-19-20(12-16)30-14-29-19/h2-7,12,15H,8-11,13-14H2,1H3,(H,23,26)(H2,22,27,28)/t15-/m0/s1. The molecule has 0 unspecified atom stereocenters. The molecule has 2 aromatic rings. The minimum atomic E-state index is -3.75. The Hall–Kier alpha value is -2.66. The number of primary sulfonamides is 1. The molecule has 0 bridgehead atoms. The van der Waals surface area contributed by atoms with Crippen LogP contribution in [0.5, 0.6) is 11.5 Å². The average Bonchev–Trinajstić information content (AvgIpc) is 3.21. The van der Waals surface area contributed by atoms with Gasteiger partial charge in [-0.25, -0.2) is 13.6 Å². The normalized spacial score (nSPS) is 18.0. The molecule has 10 heteroatoms. The maximum atomic E-state index is 12.6. The van der Waals surface area contributed by atoms with E-state index in [2.05, 4.69) is 21.2 Å². The van der Waals surface area contributed by atoms with E-state index in [0.717, 1.165) is 44.2 Å². The molecule has 1 atom stereocenters. The number of nitrogens with one attached hydrogen (secondary N) is 1. The van der Waals surface area contributed by atoms with E-state index < -0.39 is 10.0 Å². The third-order valence-corrected chi connectivity index (χ3v) is 6.56. The van der Waals surface area contributed by atoms with Gasteiger partial charge in [-0.2, -0.15) is 0 Å². The molecule has 166 valence electrons. The molecule has 31 heavy (non-hydrogen) atoms. The van der Waals surface area contributed by atoms with Gasteiger partial charge in [0.15, 0.2) is 11.5 Å². The molecule has 9 nitrogen and oxygen atoms in total. The second-order valence-electron chi connectivity index (χ2n) is 7.73. The molecule has 4 rings (SSSR count). The number of sulfonamides is 1. The summed E-state index contributed by atoms with van der Waals surface area (Å²) in [4.78, 5) is 17.1. The highest BCUT2D eigenvalue weighted by Gasteiger charge is 2.26. The number of fused-ring (bicyclic) bond motifs is 1. The van der Waals surface area contributed by atoms with Crippen LogP contribution in [0.15, 0.2) is 47.4 Å². The van der Waals surface area contributed by atoms with E-state index in [-0.39, 0.29) is 23.6 Å². The number of piperazine rings is 1. The maximum absolute atomic E-state index is 12.6. The second-order valence-corrected chi connectivity index (χ2v) is 9.30. The van der Waals surface area contributed by atoms with Crippen molar-refractivity contribution in [1.29, 1.82) is 0 Å². The minimum absolute atomic E-state index is 0.0112. The van der Waals surface area contributed by atoms with Gasteiger partial charge in [-0.15, -0.1) is 0 Å². The number of carbonyl (C=O) groups is 1. The Morgan fingerprint density at radius 2 is 1.74 bits per heavy atom. The van der Waals surface area contributed by atoms with E-state index in [9.17, 15) is 13.2 Å². The predicted molar refractivity (Wildman–Crippen MR) is 115 cm³/mol. The van der Waals surface area contributed by atoms with Crippen molar-refractivity contribution in [3.8, 4) is 11.5 Å². The molecular formula is C21H26N4O5S. The summed E-state index contributed by atoms with van der Waals surface area (Å²) in [6, 6.07) is 11.5. The van der Waals surface area contributed by atoms with Crippen molar-refractivity contribution in [2.24, 2.45) is 5.14 Å². The van der Waals surface area contributed by atoms with Crippen LogP contribution < -0.4 is 19.9 Å². The summed E-state index contributed by atoms with van der Waals surface area (Å²) in [6.45, 7) is 6.24. The highest BCUT2D eigenvalue weighted by Crippen LogP contribution is 2.32. The van der Waals surface area contributed by atoms with Crippen LogP contribution in [0.25, 0.3) is 0 Å². The first-order chi connectivity index (χ1) is 14.8. The van der Waals surface area contributed by atoms with Gasteiger partial charge < -0.3 is 14.8 Å². The number of rotatable bonds is 6. The fourth-order valence-electron chi connectivity index (χ4n) is 3.75. The highest BCUT2D eigenvalue weighted by molar-refractivity contribution is 7.89. The van der Waals surface area contributed by atoms with Gasteiger partial charge in [0.25, 0.3) is 0 Å². The van der Waals surface area contributed by atoms with Crippen molar-refractivity contribution in [1.82, 2.24) is 9.80 Å². The molecule has 1 fully saturated rings. The first kappa shape index (κ1) is 21.6. The lowest BCUT2D eigenvalue weighted by Crippen LogP contribution is -2.52. The molecule has 1 saturated heterocycles. The number of hydrogen-bond donors (Lipinski definition) is 2. The van der Waals surface area contributed by atoms with Gasteiger partial charge in [0.2, 0.25) is 22.7 Å². The number of anilines is 1. The lowest BCUT2D eigenvalue weighted by atomic mass is 10.1. The van der Waals surface area contributed by atoms with Crippen molar-refractivity contribution in [2.75, 3.05) is 38.3 Å². The van der Waals surface area contributed by atoms with Crippen LogP contribution in [-0.4, -0.2) is 63.1 Å². The third-order valence-electron chi connectivity index (χ3n) is 5.63. The molecule has 2 aliphatic heterocycles. The number of nitrogens with zero attached hydrogens (tertiary/aromatic N) is 2. The Morgan fingerprint density at radius 1 is 1.06 bits per heavy atom. The number of benzene rings is 2. The van der Waals surface area contributed by atoms with E-state index in [0.29, 0.717) is 5.69 Å². The largest absolute Gasteiger partial charge is 0.454 e. The molecule has 2 aliphatic rings. The Balaban J connectivity index is 1.27. The van der Waals surface area contributed by atoms with Gasteiger partial charge in [0.1, 0.15) is 0 Å². The third kappa shape index (κ3) is 5.16. The van der Waals surface area contributed by atoms with E-state index in [1.165, 1.54) is 29.8 Å². The number of ether oxygens (including phenoxy) is 2. The number of hydrogen-bond acceptors (Lipinski definition) is 7. The maximum Gasteiger partial charge on any atom is 0.241 e. The molecule has 2 aromatic carbocycles. The Labute approximate surface area is 181 Å². The summed E-state index contributed by atoms with van der Waals surface area (Å²) < 4.78 is 33.5. The van der Waals surface area contributed by atoms with Crippen LogP contribution in [0.3, 0.4) is 0 Å². The smallest absolute Gasteiger partial charge is 0.241 e. The topological polar surface area (TPSA) is 114 Å². The molecule has 0 saturated carbocycles. The molecule has 2 heterocycles. The Kier molecular flexibility index (Phi) is 6.15. The van der Waals surface area contributed by atoms with E-state index in [1.54, 1.807) is 0 Å². The molecule has 3 N–H and O–H groups in total. The van der Waals surface area contributed by atoms with Crippen molar-refractivity contribution in [3.05, 3.63) is 48.0 Å². The minimum Gasteiger partial charge on any atom is -0.454 e. The van der Waals surface area contributed by atoms with Crippen LogP contribution in [0.2, 0.25) is 0 Å². The number of carbonyl (C=O) groups excluding carboxylic acids is 1. The Morgan fingerprint density at radius 3 is 2.42 bits per heavy atom. The molecular weight excluding hydrogens is 420 g/mol. The number of nitrogens with two attached hydrogens (primary N) is 1.